The molecule has 0 unspecified atom stereocenters. The van der Waals surface area contributed by atoms with Gasteiger partial charge in [0.05, 0.1) is 0 Å². The van der Waals surface area contributed by atoms with E-state index in [9.17, 15) is 14.4 Å². The van der Waals surface area contributed by atoms with Crippen molar-refractivity contribution in [3.05, 3.63) is 46.8 Å². The highest BCUT2D eigenvalue weighted by Gasteiger charge is 2.24. The van der Waals surface area contributed by atoms with Gasteiger partial charge in [0.25, 0.3) is 5.91 Å². The van der Waals surface area contributed by atoms with Crippen molar-refractivity contribution in [1.82, 2.24) is 29.3 Å². The zero-order valence-corrected chi connectivity index (χ0v) is 20.8. The number of aromatic nitrogens is 5. The maximum atomic E-state index is 12.7. The van der Waals surface area contributed by atoms with E-state index >= 15 is 0 Å². The van der Waals surface area contributed by atoms with Gasteiger partial charge in [-0.05, 0) is 38.5 Å². The Morgan fingerprint density at radius 1 is 0.971 bits per heavy atom. The van der Waals surface area contributed by atoms with E-state index in [0.29, 0.717) is 6.42 Å². The Balaban J connectivity index is 1.60. The first-order valence-electron chi connectivity index (χ1n) is 12.3. The second-order valence-corrected chi connectivity index (χ2v) is 8.52. The van der Waals surface area contributed by atoms with Crippen LogP contribution in [0.15, 0.2) is 35.4 Å². The minimum absolute atomic E-state index is 0.0461. The van der Waals surface area contributed by atoms with Crippen molar-refractivity contribution in [3.63, 3.8) is 0 Å². The number of fused-ring (bicyclic) bond motifs is 1. The number of hydrogen-bond acceptors (Lipinski definition) is 6. The van der Waals surface area contributed by atoms with E-state index in [1.165, 1.54) is 46.1 Å². The lowest BCUT2D eigenvalue weighted by atomic mass is 10.1. The van der Waals surface area contributed by atoms with Crippen LogP contribution in [0, 0.1) is 0 Å². The third-order valence-corrected chi connectivity index (χ3v) is 5.72. The summed E-state index contributed by atoms with van der Waals surface area (Å²) in [6.45, 7) is 2.22. The number of allylic oxidation sites excluding steroid dienone is 4. The lowest BCUT2D eigenvalue weighted by molar-refractivity contribution is -0.127. The Morgan fingerprint density at radius 3 is 2.32 bits per heavy atom. The molecule has 9 heteroatoms. The number of aryl methyl sites for hydroxylation is 1. The molecule has 9 nitrogen and oxygen atoms in total. The van der Waals surface area contributed by atoms with Crippen molar-refractivity contribution in [2.45, 2.75) is 84.0 Å². The van der Waals surface area contributed by atoms with Crippen molar-refractivity contribution >= 4 is 17.5 Å². The first kappa shape index (κ1) is 27.1. The average Bonchev–Trinajstić information content (AvgIpc) is 3.27. The highest BCUT2D eigenvalue weighted by Crippen LogP contribution is 2.11. The molecule has 0 fully saturated rings. The van der Waals surface area contributed by atoms with Crippen molar-refractivity contribution in [1.29, 1.82) is 0 Å². The molecule has 0 aromatic carbocycles. The van der Waals surface area contributed by atoms with E-state index in [1.807, 2.05) is 0 Å². The van der Waals surface area contributed by atoms with E-state index in [4.69, 9.17) is 0 Å². The van der Waals surface area contributed by atoms with Crippen LogP contribution in [0.2, 0.25) is 0 Å². The van der Waals surface area contributed by atoms with Gasteiger partial charge in [-0.25, -0.2) is 14.2 Å². The molecule has 0 bridgehead atoms. The van der Waals surface area contributed by atoms with Crippen LogP contribution < -0.4 is 5.69 Å². The number of imidazole rings is 1. The van der Waals surface area contributed by atoms with Crippen molar-refractivity contribution in [3.8, 4) is 0 Å². The van der Waals surface area contributed by atoms with Crippen LogP contribution in [-0.4, -0.2) is 48.1 Å². The summed E-state index contributed by atoms with van der Waals surface area (Å²) in [7, 11) is 2.88. The zero-order chi connectivity index (χ0) is 24.8. The first-order valence-corrected chi connectivity index (χ1v) is 12.3. The fraction of sp³-hybridized carbons (Fsp3) is 0.600. The third kappa shape index (κ3) is 8.35. The number of nitrogens with zero attached hydrogens (tertiary/aromatic N) is 6. The summed E-state index contributed by atoms with van der Waals surface area (Å²) in [4.78, 5) is 42.1. The van der Waals surface area contributed by atoms with E-state index in [1.54, 1.807) is 0 Å². The smallest absolute Gasteiger partial charge is 0.280 e. The van der Waals surface area contributed by atoms with Gasteiger partial charge in [-0.1, -0.05) is 68.5 Å². The summed E-state index contributed by atoms with van der Waals surface area (Å²) in [6.07, 6.45) is 22.7. The molecule has 0 aliphatic rings. The molecule has 2 aromatic heterocycles. The molecule has 2 heterocycles. The van der Waals surface area contributed by atoms with Crippen LogP contribution in [0.25, 0.3) is 5.65 Å². The van der Waals surface area contributed by atoms with Gasteiger partial charge < -0.3 is 0 Å². The number of imide groups is 1. The molecular weight excluding hydrogens is 432 g/mol. The highest BCUT2D eigenvalue weighted by molar-refractivity contribution is 6.06. The molecule has 0 N–H and O–H groups in total. The molecule has 2 amide bonds. The predicted molar refractivity (Wildman–Crippen MR) is 132 cm³/mol. The monoisotopic (exact) mass is 470 g/mol. The molecule has 0 saturated carbocycles. The molecule has 186 valence electrons. The van der Waals surface area contributed by atoms with Gasteiger partial charge >= 0.3 is 5.69 Å². The Bertz CT molecular complexity index is 1040. The van der Waals surface area contributed by atoms with E-state index < -0.39 is 11.6 Å². The van der Waals surface area contributed by atoms with Crippen LogP contribution in [0.3, 0.4) is 0 Å². The van der Waals surface area contributed by atoms with Gasteiger partial charge in [0.2, 0.25) is 5.91 Å². The second-order valence-electron chi connectivity index (χ2n) is 8.52. The summed E-state index contributed by atoms with van der Waals surface area (Å²) < 4.78 is 2.18. The lowest BCUT2D eigenvalue weighted by Crippen LogP contribution is -2.34. The quantitative estimate of drug-likeness (QED) is 0.285. The minimum atomic E-state index is -0.586. The van der Waals surface area contributed by atoms with Crippen molar-refractivity contribution in [2.75, 3.05) is 7.05 Å². The maximum absolute atomic E-state index is 12.7. The zero-order valence-electron chi connectivity index (χ0n) is 20.8. The summed E-state index contributed by atoms with van der Waals surface area (Å²) in [5.74, 6) is -0.855. The number of rotatable bonds is 15. The van der Waals surface area contributed by atoms with Gasteiger partial charge in [0.15, 0.2) is 11.3 Å². The number of unbranched alkanes of at least 4 members (excludes halogenated alkanes) is 8. The number of amides is 2. The normalized spacial score (nSPS) is 11.7. The van der Waals surface area contributed by atoms with Gasteiger partial charge in [0.1, 0.15) is 6.33 Å². The Kier molecular flexibility index (Phi) is 11.9. The molecule has 2 rings (SSSR count). The Hall–Kier alpha value is -3.10. The van der Waals surface area contributed by atoms with E-state index in [0.717, 1.165) is 58.9 Å². The number of hydrogen-bond donors (Lipinski definition) is 0. The average molecular weight is 471 g/mol. The fourth-order valence-electron chi connectivity index (χ4n) is 3.56. The SMILES string of the molecule is CCCCC/C=C\C/C=C\CCCCCCCC(=O)N(C)C(=O)c1ncn2c(=O)n(C)nnc12. The predicted octanol–water partition coefficient (Wildman–Crippen LogP) is 4.24. The standard InChI is InChI=1S/C25H38N6O3/c1-4-5-6-7-8-9-10-11-12-13-14-15-16-17-18-19-21(32)29(2)24(33)22-23-27-28-30(3)25(34)31(23)20-26-22/h8-9,11-12,20H,4-7,10,13-19H2,1-3H3/b9-8-,12-11-. The summed E-state index contributed by atoms with van der Waals surface area (Å²) in [5.41, 5.74) is -0.471. The topological polar surface area (TPSA) is 102 Å². The summed E-state index contributed by atoms with van der Waals surface area (Å²) in [6, 6.07) is 0. The summed E-state index contributed by atoms with van der Waals surface area (Å²) >= 11 is 0. The van der Waals surface area contributed by atoms with Crippen LogP contribution >= 0.6 is 0 Å². The summed E-state index contributed by atoms with van der Waals surface area (Å²) in [5, 5.41) is 7.53. The molecule has 34 heavy (non-hydrogen) atoms. The molecule has 2 aromatic rings. The van der Waals surface area contributed by atoms with Gasteiger partial charge in [-0.2, -0.15) is 4.68 Å². The van der Waals surface area contributed by atoms with Crippen LogP contribution in [-0.2, 0) is 11.8 Å². The highest BCUT2D eigenvalue weighted by atomic mass is 16.2. The van der Waals surface area contributed by atoms with Crippen LogP contribution in [0.1, 0.15) is 94.5 Å². The minimum Gasteiger partial charge on any atom is -0.280 e. The number of carbonyl (C=O) groups is 2. The third-order valence-electron chi connectivity index (χ3n) is 5.72. The van der Waals surface area contributed by atoms with Crippen LogP contribution in [0.5, 0.6) is 0 Å². The van der Waals surface area contributed by atoms with E-state index in [2.05, 4.69) is 46.5 Å². The van der Waals surface area contributed by atoms with Gasteiger partial charge in [0, 0.05) is 20.5 Å². The molecule has 0 spiro atoms. The largest absolute Gasteiger partial charge is 0.352 e. The fourth-order valence-corrected chi connectivity index (χ4v) is 3.56. The lowest BCUT2D eigenvalue weighted by Gasteiger charge is -2.14. The maximum Gasteiger partial charge on any atom is 0.352 e. The molecule has 0 radical (unpaired) electrons. The molecule has 0 saturated heterocycles. The second kappa shape index (κ2) is 14.9. The van der Waals surface area contributed by atoms with E-state index in [-0.39, 0.29) is 17.2 Å². The van der Waals surface area contributed by atoms with Crippen molar-refractivity contribution in [2.24, 2.45) is 7.05 Å². The molecule has 0 atom stereocenters. The first-order chi connectivity index (χ1) is 16.5. The van der Waals surface area contributed by atoms with Crippen molar-refractivity contribution < 1.29 is 9.59 Å². The molecular formula is C25H38N6O3. The van der Waals surface area contributed by atoms with Gasteiger partial charge in [-0.15, -0.1) is 5.10 Å². The van der Waals surface area contributed by atoms with Gasteiger partial charge in [-0.3, -0.25) is 14.5 Å². The Labute approximate surface area is 201 Å². The molecule has 0 aliphatic heterocycles. The molecule has 0 aliphatic carbocycles. The Morgan fingerprint density at radius 2 is 1.62 bits per heavy atom. The number of carbonyl (C=O) groups excluding carboxylic acids is 2. The van der Waals surface area contributed by atoms with Crippen LogP contribution in [0.4, 0.5) is 0 Å².